The summed E-state index contributed by atoms with van der Waals surface area (Å²) in [6.07, 6.45) is 2.34. The van der Waals surface area contributed by atoms with Crippen LogP contribution in [0.25, 0.3) is 0 Å². The first-order valence-corrected chi connectivity index (χ1v) is 10.7. The average Bonchev–Trinajstić information content (AvgIpc) is 3.01. The van der Waals surface area contributed by atoms with Crippen LogP contribution < -0.4 is 19.0 Å². The maximum Gasteiger partial charge on any atom is 0.276 e. The van der Waals surface area contributed by atoms with Crippen molar-refractivity contribution in [3.05, 3.63) is 47.5 Å². The van der Waals surface area contributed by atoms with Crippen LogP contribution in [0, 0.1) is 0 Å². The normalized spacial score (nSPS) is 15.9. The number of benzene rings is 2. The van der Waals surface area contributed by atoms with E-state index in [1.54, 1.807) is 12.1 Å². The molecule has 3 rings (SSSR count). The van der Waals surface area contributed by atoms with Crippen molar-refractivity contribution in [2.24, 2.45) is 5.10 Å². The van der Waals surface area contributed by atoms with Gasteiger partial charge in [0, 0.05) is 17.5 Å². The third kappa shape index (κ3) is 4.56. The number of ether oxygens (including phenoxy) is 3. The highest BCUT2D eigenvalue weighted by molar-refractivity contribution is 7.89. The van der Waals surface area contributed by atoms with Gasteiger partial charge in [-0.2, -0.15) is 13.5 Å². The second kappa shape index (κ2) is 8.52. The number of nitrogens with zero attached hydrogens (tertiary/aromatic N) is 1. The molecule has 28 heavy (non-hydrogen) atoms. The summed E-state index contributed by atoms with van der Waals surface area (Å²) in [5, 5.41) is 3.91. The van der Waals surface area contributed by atoms with E-state index < -0.39 is 10.0 Å². The summed E-state index contributed by atoms with van der Waals surface area (Å²) in [6, 6.07) is 9.89. The van der Waals surface area contributed by atoms with E-state index in [2.05, 4.69) is 9.93 Å². The molecule has 0 fully saturated rings. The highest BCUT2D eigenvalue weighted by Gasteiger charge is 2.21. The molecule has 1 N–H and O–H groups in total. The predicted octanol–water partition coefficient (Wildman–Crippen LogP) is 3.12. The molecule has 0 radical (unpaired) electrons. The standard InChI is InChI=1S/C20H24N2O5S/c1-4-25-17-6-8-18(9-7-17)28(23,24)22-21-13-16-12-20-15(10-14(3)27-20)11-19(16)26-5-2/h6-9,11-14,22H,4-5,10H2,1-3H3/b21-13-/t14-/m1/s1. The van der Waals surface area contributed by atoms with Crippen LogP contribution in [0.5, 0.6) is 17.2 Å². The molecule has 1 aliphatic heterocycles. The lowest BCUT2D eigenvalue weighted by molar-refractivity contribution is 0.254. The van der Waals surface area contributed by atoms with Crippen molar-refractivity contribution in [1.29, 1.82) is 0 Å². The molecule has 1 aliphatic rings. The van der Waals surface area contributed by atoms with Crippen LogP contribution in [0.4, 0.5) is 0 Å². The lowest BCUT2D eigenvalue weighted by atomic mass is 10.1. The first-order valence-electron chi connectivity index (χ1n) is 9.17. The number of hydrazone groups is 1. The van der Waals surface area contributed by atoms with Gasteiger partial charge in [0.2, 0.25) is 0 Å². The summed E-state index contributed by atoms with van der Waals surface area (Å²) in [5.41, 5.74) is 1.71. The Kier molecular flexibility index (Phi) is 6.08. The van der Waals surface area contributed by atoms with Crippen LogP contribution in [-0.4, -0.2) is 34.0 Å². The third-order valence-corrected chi connectivity index (χ3v) is 5.39. The van der Waals surface area contributed by atoms with Gasteiger partial charge in [0.1, 0.15) is 23.4 Å². The van der Waals surface area contributed by atoms with Crippen molar-refractivity contribution in [2.45, 2.75) is 38.2 Å². The van der Waals surface area contributed by atoms with Gasteiger partial charge in [-0.15, -0.1) is 0 Å². The molecule has 7 nitrogen and oxygen atoms in total. The van der Waals surface area contributed by atoms with Crippen molar-refractivity contribution >= 4 is 16.2 Å². The maximum atomic E-state index is 12.4. The van der Waals surface area contributed by atoms with E-state index in [1.807, 2.05) is 32.9 Å². The number of fused-ring (bicyclic) bond motifs is 1. The average molecular weight is 404 g/mol. The summed E-state index contributed by atoms with van der Waals surface area (Å²) in [4.78, 5) is 2.33. The highest BCUT2D eigenvalue weighted by Crippen LogP contribution is 2.34. The van der Waals surface area contributed by atoms with Crippen LogP contribution in [0.15, 0.2) is 46.4 Å². The highest BCUT2D eigenvalue weighted by atomic mass is 32.2. The van der Waals surface area contributed by atoms with Crippen molar-refractivity contribution in [3.8, 4) is 17.2 Å². The Bertz CT molecular complexity index is 955. The van der Waals surface area contributed by atoms with Crippen LogP contribution in [0.1, 0.15) is 31.9 Å². The van der Waals surface area contributed by atoms with Crippen molar-refractivity contribution < 1.29 is 22.6 Å². The number of hydrogen-bond acceptors (Lipinski definition) is 6. The maximum absolute atomic E-state index is 12.4. The van der Waals surface area contributed by atoms with Crippen LogP contribution >= 0.6 is 0 Å². The summed E-state index contributed by atoms with van der Waals surface area (Å²) >= 11 is 0. The number of nitrogens with one attached hydrogen (secondary N) is 1. The van der Waals surface area contributed by atoms with E-state index in [1.165, 1.54) is 18.3 Å². The second-order valence-electron chi connectivity index (χ2n) is 6.32. The molecule has 0 spiro atoms. The van der Waals surface area contributed by atoms with Gasteiger partial charge in [0.25, 0.3) is 10.0 Å². The van der Waals surface area contributed by atoms with Crippen LogP contribution in [-0.2, 0) is 16.4 Å². The van der Waals surface area contributed by atoms with Gasteiger partial charge in [-0.3, -0.25) is 0 Å². The lowest BCUT2D eigenvalue weighted by Crippen LogP contribution is -2.18. The Balaban J connectivity index is 1.77. The van der Waals surface area contributed by atoms with E-state index >= 15 is 0 Å². The summed E-state index contributed by atoms with van der Waals surface area (Å²) in [7, 11) is -3.78. The molecule has 2 aromatic carbocycles. The van der Waals surface area contributed by atoms with Crippen LogP contribution in [0.2, 0.25) is 0 Å². The molecule has 1 heterocycles. The molecule has 8 heteroatoms. The minimum Gasteiger partial charge on any atom is -0.494 e. The van der Waals surface area contributed by atoms with E-state index in [0.717, 1.165) is 17.7 Å². The van der Waals surface area contributed by atoms with Gasteiger partial charge in [-0.05, 0) is 57.2 Å². The fraction of sp³-hybridized carbons (Fsp3) is 0.350. The summed E-state index contributed by atoms with van der Waals surface area (Å²) in [5.74, 6) is 2.02. The Hall–Kier alpha value is -2.74. The van der Waals surface area contributed by atoms with Gasteiger partial charge < -0.3 is 14.2 Å². The number of hydrogen-bond donors (Lipinski definition) is 1. The Morgan fingerprint density at radius 1 is 1.18 bits per heavy atom. The summed E-state index contributed by atoms with van der Waals surface area (Å²) in [6.45, 7) is 6.76. The molecule has 0 saturated carbocycles. The zero-order valence-corrected chi connectivity index (χ0v) is 17.0. The lowest BCUT2D eigenvalue weighted by Gasteiger charge is -2.10. The van der Waals surface area contributed by atoms with Crippen molar-refractivity contribution in [1.82, 2.24) is 4.83 Å². The van der Waals surface area contributed by atoms with E-state index in [0.29, 0.717) is 30.3 Å². The zero-order valence-electron chi connectivity index (χ0n) is 16.1. The topological polar surface area (TPSA) is 86.2 Å². The Morgan fingerprint density at radius 3 is 2.57 bits per heavy atom. The Labute approximate surface area is 165 Å². The number of rotatable bonds is 8. The first kappa shape index (κ1) is 20.0. The molecular weight excluding hydrogens is 380 g/mol. The second-order valence-corrected chi connectivity index (χ2v) is 7.98. The zero-order chi connectivity index (χ0) is 20.1. The van der Waals surface area contributed by atoms with Crippen molar-refractivity contribution in [2.75, 3.05) is 13.2 Å². The Morgan fingerprint density at radius 2 is 1.89 bits per heavy atom. The molecule has 0 aromatic heterocycles. The predicted molar refractivity (Wildman–Crippen MR) is 107 cm³/mol. The largest absolute Gasteiger partial charge is 0.494 e. The SMILES string of the molecule is CCOc1ccc(S(=O)(=O)N/N=C\c2cc3c(cc2OCC)C[C@@H](C)O3)cc1. The van der Waals surface area contributed by atoms with E-state index in [-0.39, 0.29) is 11.0 Å². The fourth-order valence-electron chi connectivity index (χ4n) is 2.94. The third-order valence-electron chi connectivity index (χ3n) is 4.15. The first-order chi connectivity index (χ1) is 13.4. The minimum atomic E-state index is -3.78. The molecule has 0 saturated heterocycles. The molecule has 0 aliphatic carbocycles. The quantitative estimate of drug-likeness (QED) is 0.540. The molecule has 0 amide bonds. The molecular formula is C20H24N2O5S. The van der Waals surface area contributed by atoms with Gasteiger partial charge in [0.05, 0.1) is 24.3 Å². The van der Waals surface area contributed by atoms with Gasteiger partial charge in [0.15, 0.2) is 0 Å². The molecule has 2 aromatic rings. The van der Waals surface area contributed by atoms with E-state index in [4.69, 9.17) is 14.2 Å². The van der Waals surface area contributed by atoms with Gasteiger partial charge in [-0.1, -0.05) is 0 Å². The van der Waals surface area contributed by atoms with Gasteiger partial charge >= 0.3 is 0 Å². The molecule has 0 unspecified atom stereocenters. The minimum absolute atomic E-state index is 0.101. The summed E-state index contributed by atoms with van der Waals surface area (Å²) < 4.78 is 41.6. The number of sulfonamides is 1. The molecule has 0 bridgehead atoms. The monoisotopic (exact) mass is 404 g/mol. The fourth-order valence-corrected chi connectivity index (χ4v) is 3.73. The van der Waals surface area contributed by atoms with E-state index in [9.17, 15) is 8.42 Å². The van der Waals surface area contributed by atoms with Crippen molar-refractivity contribution in [3.63, 3.8) is 0 Å². The van der Waals surface area contributed by atoms with Crippen LogP contribution in [0.3, 0.4) is 0 Å². The molecule has 1 atom stereocenters. The smallest absolute Gasteiger partial charge is 0.276 e. The van der Waals surface area contributed by atoms with Gasteiger partial charge in [-0.25, -0.2) is 4.83 Å². The molecule has 150 valence electrons.